The first-order chi connectivity index (χ1) is 11.4. The number of amides is 1. The number of carbonyl (C=O) groups excluding carboxylic acids is 1. The number of methoxy groups -OCH3 is 1. The van der Waals surface area contributed by atoms with Gasteiger partial charge in [-0.3, -0.25) is 4.79 Å². The van der Waals surface area contributed by atoms with Crippen molar-refractivity contribution in [2.45, 2.75) is 0 Å². The van der Waals surface area contributed by atoms with Crippen molar-refractivity contribution in [1.82, 2.24) is 5.32 Å². The summed E-state index contributed by atoms with van der Waals surface area (Å²) in [7, 11) is 1.34. The summed E-state index contributed by atoms with van der Waals surface area (Å²) in [6.07, 6.45) is 1.22. The molecule has 124 valence electrons. The van der Waals surface area contributed by atoms with E-state index in [1.165, 1.54) is 25.3 Å². The van der Waals surface area contributed by atoms with Crippen LogP contribution in [-0.2, 0) is 4.79 Å². The number of carboxylic acids is 1. The monoisotopic (exact) mass is 347 g/mol. The molecule has 6 nitrogen and oxygen atoms in total. The Morgan fingerprint density at radius 2 is 1.88 bits per heavy atom. The summed E-state index contributed by atoms with van der Waals surface area (Å²) in [6.45, 7) is 0. The number of halogens is 1. The molecule has 0 spiro atoms. The third-order valence-corrected chi connectivity index (χ3v) is 3.38. The highest BCUT2D eigenvalue weighted by atomic mass is 35.5. The molecule has 0 bridgehead atoms. The molecule has 0 saturated heterocycles. The van der Waals surface area contributed by atoms with Crippen LogP contribution in [0.3, 0.4) is 0 Å². The minimum atomic E-state index is -1.32. The minimum Gasteiger partial charge on any atom is -0.503 e. The minimum absolute atomic E-state index is 0.000255. The molecule has 0 radical (unpaired) electrons. The van der Waals surface area contributed by atoms with E-state index in [2.05, 4.69) is 5.32 Å². The van der Waals surface area contributed by atoms with E-state index >= 15 is 0 Å². The van der Waals surface area contributed by atoms with Crippen LogP contribution < -0.4 is 10.1 Å². The number of carboxylic acid groups (broad SMARTS) is 1. The highest BCUT2D eigenvalue weighted by Crippen LogP contribution is 2.35. The van der Waals surface area contributed by atoms with Gasteiger partial charge in [-0.15, -0.1) is 0 Å². The lowest BCUT2D eigenvalue weighted by Gasteiger charge is -2.09. The molecular weight excluding hydrogens is 334 g/mol. The molecule has 0 aliphatic heterocycles. The largest absolute Gasteiger partial charge is 0.503 e. The number of hydrogen-bond acceptors (Lipinski definition) is 4. The molecule has 1 amide bonds. The van der Waals surface area contributed by atoms with E-state index in [-0.39, 0.29) is 22.2 Å². The third kappa shape index (κ3) is 4.05. The van der Waals surface area contributed by atoms with Crippen LogP contribution in [0.2, 0.25) is 5.02 Å². The lowest BCUT2D eigenvalue weighted by atomic mass is 10.1. The van der Waals surface area contributed by atoms with Crippen LogP contribution >= 0.6 is 11.6 Å². The zero-order valence-electron chi connectivity index (χ0n) is 12.6. The Hall–Kier alpha value is -2.99. The van der Waals surface area contributed by atoms with E-state index in [1.54, 1.807) is 30.3 Å². The van der Waals surface area contributed by atoms with Crippen molar-refractivity contribution < 1.29 is 24.5 Å². The molecule has 3 N–H and O–H groups in total. The van der Waals surface area contributed by atoms with E-state index in [4.69, 9.17) is 16.3 Å². The van der Waals surface area contributed by atoms with Crippen LogP contribution in [0.15, 0.2) is 48.2 Å². The van der Waals surface area contributed by atoms with Gasteiger partial charge in [0.15, 0.2) is 11.5 Å². The normalized spacial score (nSPS) is 11.0. The van der Waals surface area contributed by atoms with Crippen LogP contribution in [0.1, 0.15) is 15.9 Å². The molecule has 2 aromatic rings. The van der Waals surface area contributed by atoms with Gasteiger partial charge in [-0.05, 0) is 35.9 Å². The van der Waals surface area contributed by atoms with Crippen molar-refractivity contribution in [1.29, 1.82) is 0 Å². The Morgan fingerprint density at radius 3 is 2.46 bits per heavy atom. The molecule has 0 heterocycles. The Balaban J connectivity index is 2.34. The predicted octanol–water partition coefficient (Wildman–Crippen LogP) is 2.91. The average Bonchev–Trinajstić information content (AvgIpc) is 2.57. The molecule has 0 unspecified atom stereocenters. The quantitative estimate of drug-likeness (QED) is 0.723. The molecule has 2 aromatic carbocycles. The molecule has 2 rings (SSSR count). The van der Waals surface area contributed by atoms with Crippen LogP contribution in [0.5, 0.6) is 11.5 Å². The Labute approximate surface area is 143 Å². The highest BCUT2D eigenvalue weighted by Gasteiger charge is 2.15. The van der Waals surface area contributed by atoms with E-state index in [1.807, 2.05) is 0 Å². The Bertz CT molecular complexity index is 802. The van der Waals surface area contributed by atoms with Gasteiger partial charge in [-0.2, -0.15) is 0 Å². The summed E-state index contributed by atoms with van der Waals surface area (Å²) < 4.78 is 4.96. The fourth-order valence-electron chi connectivity index (χ4n) is 1.93. The summed E-state index contributed by atoms with van der Waals surface area (Å²) >= 11 is 5.87. The van der Waals surface area contributed by atoms with Crippen molar-refractivity contribution in [2.24, 2.45) is 0 Å². The van der Waals surface area contributed by atoms with Gasteiger partial charge in [-0.25, -0.2) is 4.79 Å². The highest BCUT2D eigenvalue weighted by molar-refractivity contribution is 6.32. The zero-order chi connectivity index (χ0) is 17.7. The summed E-state index contributed by atoms with van der Waals surface area (Å²) in [5.41, 5.74) is 0.332. The van der Waals surface area contributed by atoms with Gasteiger partial charge >= 0.3 is 5.97 Å². The van der Waals surface area contributed by atoms with E-state index in [0.717, 1.165) is 0 Å². The number of hydrogen-bond donors (Lipinski definition) is 3. The number of phenolic OH excluding ortho intramolecular Hbond substituents is 1. The van der Waals surface area contributed by atoms with Crippen molar-refractivity contribution >= 4 is 29.6 Å². The number of ether oxygens (including phenoxy) is 1. The number of rotatable bonds is 5. The predicted molar refractivity (Wildman–Crippen MR) is 89.2 cm³/mol. The van der Waals surface area contributed by atoms with Crippen LogP contribution in [0.25, 0.3) is 6.08 Å². The van der Waals surface area contributed by atoms with E-state index in [0.29, 0.717) is 11.1 Å². The van der Waals surface area contributed by atoms with Crippen molar-refractivity contribution in [3.8, 4) is 11.5 Å². The van der Waals surface area contributed by atoms with Gasteiger partial charge in [-0.1, -0.05) is 29.8 Å². The maximum Gasteiger partial charge on any atom is 0.352 e. The maximum absolute atomic E-state index is 12.1. The molecule has 0 aliphatic carbocycles. The standard InChI is InChI=1S/C17H14ClNO5/c1-24-14-9-10(7-12(18)15(14)20)8-13(17(22)23)19-16(21)11-5-3-2-4-6-11/h2-9,20H,1H3,(H,19,21)(H,22,23)/b13-8+. The summed E-state index contributed by atoms with van der Waals surface area (Å²) in [5, 5.41) is 21.3. The number of nitrogens with one attached hydrogen (secondary N) is 1. The fourth-order valence-corrected chi connectivity index (χ4v) is 2.15. The number of aromatic hydroxyl groups is 1. The van der Waals surface area contributed by atoms with Gasteiger partial charge in [0.25, 0.3) is 5.91 Å². The van der Waals surface area contributed by atoms with E-state index in [9.17, 15) is 19.8 Å². The second-order valence-corrected chi connectivity index (χ2v) is 5.14. The van der Waals surface area contributed by atoms with Gasteiger partial charge in [0.1, 0.15) is 5.70 Å². The van der Waals surface area contributed by atoms with Crippen molar-refractivity contribution in [3.63, 3.8) is 0 Å². The molecule has 0 fully saturated rings. The molecule has 0 atom stereocenters. The van der Waals surface area contributed by atoms with Gasteiger partial charge in [0.05, 0.1) is 12.1 Å². The van der Waals surface area contributed by atoms with E-state index < -0.39 is 11.9 Å². The van der Waals surface area contributed by atoms with Crippen LogP contribution in [0.4, 0.5) is 0 Å². The Morgan fingerprint density at radius 1 is 1.21 bits per heavy atom. The first-order valence-corrected chi connectivity index (χ1v) is 7.18. The summed E-state index contributed by atoms with van der Waals surface area (Å²) in [4.78, 5) is 23.5. The Kier molecular flexibility index (Phi) is 5.44. The van der Waals surface area contributed by atoms with Crippen LogP contribution in [0, 0.1) is 0 Å². The van der Waals surface area contributed by atoms with Gasteiger partial charge in [0, 0.05) is 5.56 Å². The summed E-state index contributed by atoms with van der Waals surface area (Å²) in [5.74, 6) is -2.03. The second-order valence-electron chi connectivity index (χ2n) is 4.74. The number of phenols is 1. The lowest BCUT2D eigenvalue weighted by Crippen LogP contribution is -2.27. The molecule has 7 heteroatoms. The number of carbonyl (C=O) groups is 2. The molecule has 24 heavy (non-hydrogen) atoms. The molecule has 0 saturated carbocycles. The molecule has 0 aliphatic rings. The fraction of sp³-hybridized carbons (Fsp3) is 0.0588. The average molecular weight is 348 g/mol. The van der Waals surface area contributed by atoms with Gasteiger partial charge < -0.3 is 20.3 Å². The number of aliphatic carboxylic acids is 1. The topological polar surface area (TPSA) is 95.9 Å². The molecular formula is C17H14ClNO5. The first-order valence-electron chi connectivity index (χ1n) is 6.80. The molecule has 0 aromatic heterocycles. The smallest absolute Gasteiger partial charge is 0.352 e. The lowest BCUT2D eigenvalue weighted by molar-refractivity contribution is -0.132. The maximum atomic E-state index is 12.1. The third-order valence-electron chi connectivity index (χ3n) is 3.10. The first kappa shape index (κ1) is 17.4. The van der Waals surface area contributed by atoms with Crippen molar-refractivity contribution in [2.75, 3.05) is 7.11 Å². The van der Waals surface area contributed by atoms with Crippen molar-refractivity contribution in [3.05, 3.63) is 64.3 Å². The summed E-state index contributed by atoms with van der Waals surface area (Å²) in [6, 6.07) is 11.0. The van der Waals surface area contributed by atoms with Crippen LogP contribution in [-0.4, -0.2) is 29.2 Å². The SMILES string of the molecule is COc1cc(/C=C(/NC(=O)c2ccccc2)C(=O)O)cc(Cl)c1O. The zero-order valence-corrected chi connectivity index (χ0v) is 13.4. The number of benzene rings is 2. The second kappa shape index (κ2) is 7.52. The van der Waals surface area contributed by atoms with Gasteiger partial charge in [0.2, 0.25) is 0 Å².